The van der Waals surface area contributed by atoms with Crippen LogP contribution in [0, 0.1) is 5.41 Å². The van der Waals surface area contributed by atoms with Crippen LogP contribution >= 0.6 is 0 Å². The van der Waals surface area contributed by atoms with E-state index >= 15 is 0 Å². The molecule has 1 spiro atoms. The van der Waals surface area contributed by atoms with Gasteiger partial charge in [0.25, 0.3) is 0 Å². The highest BCUT2D eigenvalue weighted by Crippen LogP contribution is 2.38. The lowest BCUT2D eigenvalue weighted by Crippen LogP contribution is -2.46. The Morgan fingerprint density at radius 2 is 2.06 bits per heavy atom. The Morgan fingerprint density at radius 1 is 1.44 bits per heavy atom. The van der Waals surface area contributed by atoms with Gasteiger partial charge >= 0.3 is 6.09 Å². The molecule has 0 aromatic rings. The van der Waals surface area contributed by atoms with Crippen LogP contribution in [0.5, 0.6) is 0 Å². The number of imide groups is 1. The minimum Gasteiger partial charge on any atom is -0.443 e. The number of amides is 2. The fourth-order valence-corrected chi connectivity index (χ4v) is 1.96. The minimum atomic E-state index is -0.566. The molecule has 0 aliphatic carbocycles. The fourth-order valence-electron chi connectivity index (χ4n) is 1.96. The zero-order valence-corrected chi connectivity index (χ0v) is 9.91. The van der Waals surface area contributed by atoms with Crippen LogP contribution in [0.4, 0.5) is 4.79 Å². The van der Waals surface area contributed by atoms with Gasteiger partial charge in [-0.25, -0.2) is 9.69 Å². The second-order valence-electron chi connectivity index (χ2n) is 5.63. The zero-order valence-electron chi connectivity index (χ0n) is 9.91. The summed E-state index contributed by atoms with van der Waals surface area (Å²) in [7, 11) is 0. The number of rotatable bonds is 0. The van der Waals surface area contributed by atoms with E-state index in [1.807, 2.05) is 0 Å². The Bertz CT molecular complexity index is 327. The topological polar surface area (TPSA) is 55.8 Å². The molecule has 0 N–H and O–H groups in total. The summed E-state index contributed by atoms with van der Waals surface area (Å²) in [6, 6.07) is 0. The number of nitrogens with zero attached hydrogens (tertiary/aromatic N) is 1. The number of carbonyl (C=O) groups is 2. The molecule has 0 unspecified atom stereocenters. The first-order valence-electron chi connectivity index (χ1n) is 5.43. The van der Waals surface area contributed by atoms with E-state index in [1.54, 1.807) is 20.8 Å². The smallest absolute Gasteiger partial charge is 0.417 e. The van der Waals surface area contributed by atoms with Gasteiger partial charge in [-0.1, -0.05) is 0 Å². The number of likely N-dealkylation sites (tertiary alicyclic amines) is 1. The maximum absolute atomic E-state index is 11.7. The first-order chi connectivity index (χ1) is 7.31. The highest BCUT2D eigenvalue weighted by molar-refractivity contribution is 5.94. The summed E-state index contributed by atoms with van der Waals surface area (Å²) in [6.07, 6.45) is -0.145. The fraction of sp³-hybridized carbons (Fsp3) is 0.818. The van der Waals surface area contributed by atoms with Gasteiger partial charge in [-0.15, -0.1) is 0 Å². The third-order valence-corrected chi connectivity index (χ3v) is 2.75. The molecule has 2 fully saturated rings. The molecule has 16 heavy (non-hydrogen) atoms. The molecule has 90 valence electrons. The molecule has 2 rings (SSSR count). The normalized spacial score (nSPS) is 23.4. The van der Waals surface area contributed by atoms with Crippen LogP contribution in [0.3, 0.4) is 0 Å². The molecule has 2 heterocycles. The van der Waals surface area contributed by atoms with E-state index in [2.05, 4.69) is 0 Å². The van der Waals surface area contributed by atoms with Gasteiger partial charge in [0.2, 0.25) is 5.91 Å². The maximum Gasteiger partial charge on any atom is 0.417 e. The van der Waals surface area contributed by atoms with Crippen LogP contribution in [0.25, 0.3) is 0 Å². The van der Waals surface area contributed by atoms with E-state index in [1.165, 1.54) is 4.90 Å². The standard InChI is InChI=1S/C11H17NO4/c1-10(2,3)16-9(14)12-5-11(4-8(12)13)6-15-7-11/h4-7H2,1-3H3. The Labute approximate surface area is 94.7 Å². The van der Waals surface area contributed by atoms with Crippen molar-refractivity contribution in [2.24, 2.45) is 5.41 Å². The number of carbonyl (C=O) groups excluding carboxylic acids is 2. The van der Waals surface area contributed by atoms with Gasteiger partial charge < -0.3 is 9.47 Å². The summed E-state index contributed by atoms with van der Waals surface area (Å²) < 4.78 is 10.3. The van der Waals surface area contributed by atoms with E-state index in [0.717, 1.165) is 0 Å². The van der Waals surface area contributed by atoms with E-state index in [4.69, 9.17) is 9.47 Å². The molecule has 0 aromatic heterocycles. The van der Waals surface area contributed by atoms with Gasteiger partial charge in [-0.3, -0.25) is 4.79 Å². The van der Waals surface area contributed by atoms with Gasteiger partial charge in [0.15, 0.2) is 0 Å². The van der Waals surface area contributed by atoms with Crippen LogP contribution in [0.1, 0.15) is 27.2 Å². The van der Waals surface area contributed by atoms with E-state index < -0.39 is 11.7 Å². The van der Waals surface area contributed by atoms with Crippen LogP contribution in [-0.2, 0) is 14.3 Å². The van der Waals surface area contributed by atoms with Gasteiger partial charge in [0, 0.05) is 18.4 Å². The quantitative estimate of drug-likeness (QED) is 0.623. The lowest BCUT2D eigenvalue weighted by Gasteiger charge is -2.36. The monoisotopic (exact) mass is 227 g/mol. The molecular formula is C11H17NO4. The summed E-state index contributed by atoms with van der Waals surface area (Å²) in [5.74, 6) is -0.155. The molecule has 0 bridgehead atoms. The summed E-state index contributed by atoms with van der Waals surface area (Å²) in [4.78, 5) is 24.6. The molecule has 5 heteroatoms. The van der Waals surface area contributed by atoms with Crippen LogP contribution < -0.4 is 0 Å². The van der Waals surface area contributed by atoms with Crippen LogP contribution in [0.2, 0.25) is 0 Å². The first-order valence-corrected chi connectivity index (χ1v) is 5.43. The van der Waals surface area contributed by atoms with Crippen molar-refractivity contribution < 1.29 is 19.1 Å². The highest BCUT2D eigenvalue weighted by atomic mass is 16.6. The van der Waals surface area contributed by atoms with Crippen molar-refractivity contribution in [1.82, 2.24) is 4.90 Å². The zero-order chi connectivity index (χ0) is 12.0. The van der Waals surface area contributed by atoms with Crippen molar-refractivity contribution in [3.05, 3.63) is 0 Å². The molecule has 2 aliphatic heterocycles. The summed E-state index contributed by atoms with van der Waals surface area (Å²) >= 11 is 0. The molecular weight excluding hydrogens is 210 g/mol. The lowest BCUT2D eigenvalue weighted by atomic mass is 9.85. The largest absolute Gasteiger partial charge is 0.443 e. The maximum atomic E-state index is 11.7. The number of ether oxygens (including phenoxy) is 2. The van der Waals surface area contributed by atoms with Crippen LogP contribution in [-0.4, -0.2) is 42.3 Å². The van der Waals surface area contributed by atoms with Crippen molar-refractivity contribution in [3.8, 4) is 0 Å². The Balaban J connectivity index is 2.00. The second kappa shape index (κ2) is 3.45. The SMILES string of the molecule is CC(C)(C)OC(=O)N1CC2(COC2)CC1=O. The molecule has 0 saturated carbocycles. The average molecular weight is 227 g/mol. The summed E-state index contributed by atoms with van der Waals surface area (Å²) in [6.45, 7) is 6.92. The van der Waals surface area contributed by atoms with Crippen molar-refractivity contribution in [2.45, 2.75) is 32.8 Å². The van der Waals surface area contributed by atoms with E-state index in [0.29, 0.717) is 26.2 Å². The van der Waals surface area contributed by atoms with E-state index in [-0.39, 0.29) is 11.3 Å². The third kappa shape index (κ3) is 2.04. The predicted octanol–water partition coefficient (Wildman–Crippen LogP) is 1.17. The summed E-state index contributed by atoms with van der Waals surface area (Å²) in [5.41, 5.74) is -0.697. The molecule has 2 saturated heterocycles. The molecule has 5 nitrogen and oxygen atoms in total. The van der Waals surface area contributed by atoms with Crippen molar-refractivity contribution in [3.63, 3.8) is 0 Å². The lowest BCUT2D eigenvalue weighted by molar-refractivity contribution is -0.129. The average Bonchev–Trinajstić information content (AvgIpc) is 2.39. The molecule has 2 aliphatic rings. The third-order valence-electron chi connectivity index (χ3n) is 2.75. The van der Waals surface area contributed by atoms with E-state index in [9.17, 15) is 9.59 Å². The first kappa shape index (κ1) is 11.4. The molecule has 0 aromatic carbocycles. The van der Waals surface area contributed by atoms with Crippen molar-refractivity contribution >= 4 is 12.0 Å². The van der Waals surface area contributed by atoms with Gasteiger partial charge in [-0.05, 0) is 20.8 Å². The Morgan fingerprint density at radius 3 is 2.44 bits per heavy atom. The van der Waals surface area contributed by atoms with Crippen molar-refractivity contribution in [2.75, 3.05) is 19.8 Å². The number of hydrogen-bond acceptors (Lipinski definition) is 4. The van der Waals surface area contributed by atoms with Gasteiger partial charge in [-0.2, -0.15) is 0 Å². The minimum absolute atomic E-state index is 0.131. The molecule has 2 amide bonds. The highest BCUT2D eigenvalue weighted by Gasteiger charge is 2.51. The number of hydrogen-bond donors (Lipinski definition) is 0. The van der Waals surface area contributed by atoms with Gasteiger partial charge in [0.1, 0.15) is 5.60 Å². The van der Waals surface area contributed by atoms with Gasteiger partial charge in [0.05, 0.1) is 13.2 Å². The molecule has 0 atom stereocenters. The van der Waals surface area contributed by atoms with Crippen LogP contribution in [0.15, 0.2) is 0 Å². The predicted molar refractivity (Wildman–Crippen MR) is 55.8 cm³/mol. The Hall–Kier alpha value is -1.10. The second-order valence-corrected chi connectivity index (χ2v) is 5.63. The summed E-state index contributed by atoms with van der Waals surface area (Å²) in [5, 5.41) is 0. The van der Waals surface area contributed by atoms with Crippen molar-refractivity contribution in [1.29, 1.82) is 0 Å². The Kier molecular flexibility index (Phi) is 2.45. The molecule has 0 radical (unpaired) electrons.